The van der Waals surface area contributed by atoms with Gasteiger partial charge in [-0.2, -0.15) is 0 Å². The van der Waals surface area contributed by atoms with Crippen molar-refractivity contribution >= 4 is 33.5 Å². The Kier molecular flexibility index (Phi) is 6.45. The van der Waals surface area contributed by atoms with Crippen LogP contribution in [0.25, 0.3) is 0 Å². The molecule has 0 saturated carbocycles. The third-order valence-electron chi connectivity index (χ3n) is 2.70. The Morgan fingerprint density at radius 3 is 2.81 bits per heavy atom. The van der Waals surface area contributed by atoms with Crippen molar-refractivity contribution in [3.05, 3.63) is 34.7 Å². The van der Waals surface area contributed by atoms with Crippen LogP contribution in [0.4, 0.5) is 5.82 Å². The number of rotatable bonds is 7. The van der Waals surface area contributed by atoms with Gasteiger partial charge in [0.15, 0.2) is 0 Å². The van der Waals surface area contributed by atoms with E-state index in [1.807, 2.05) is 18.2 Å². The molecule has 0 atom stereocenters. The molecule has 0 bridgehead atoms. The quantitative estimate of drug-likeness (QED) is 0.727. The number of hydrogen-bond donors (Lipinski definition) is 1. The fourth-order valence-corrected chi connectivity index (χ4v) is 3.05. The Hall–Kier alpha value is -1.14. The Labute approximate surface area is 138 Å². The van der Waals surface area contributed by atoms with Crippen LogP contribution in [-0.2, 0) is 6.42 Å². The number of hydrogen-bond acceptors (Lipinski definition) is 5. The van der Waals surface area contributed by atoms with Gasteiger partial charge in [-0.3, -0.25) is 0 Å². The molecule has 0 unspecified atom stereocenters. The molecule has 2 rings (SSSR count). The summed E-state index contributed by atoms with van der Waals surface area (Å²) in [4.78, 5) is 13.6. The molecule has 1 N–H and O–H groups in total. The van der Waals surface area contributed by atoms with Crippen LogP contribution in [-0.4, -0.2) is 21.5 Å². The van der Waals surface area contributed by atoms with Gasteiger partial charge < -0.3 is 5.32 Å². The average molecular weight is 367 g/mol. The summed E-state index contributed by atoms with van der Waals surface area (Å²) in [5.74, 6) is 1.78. The van der Waals surface area contributed by atoms with Crippen LogP contribution in [0.1, 0.15) is 32.5 Å². The molecule has 112 valence electrons. The minimum atomic E-state index is 0.883. The predicted octanol–water partition coefficient (Wildman–Crippen LogP) is 4.56. The summed E-state index contributed by atoms with van der Waals surface area (Å²) in [5.41, 5.74) is 0. The lowest BCUT2D eigenvalue weighted by Gasteiger charge is -2.09. The standard InChI is InChI=1S/C15H19BrN4S/c1-3-6-12-19-13(17-8-4-2)10-14(20-12)21-15-11(16)7-5-9-18-15/h5,7,9-10H,3-4,6,8H2,1-2H3,(H,17,19,20). The molecule has 4 nitrogen and oxygen atoms in total. The van der Waals surface area contributed by atoms with Crippen molar-refractivity contribution in [3.63, 3.8) is 0 Å². The minimum absolute atomic E-state index is 0.883. The van der Waals surface area contributed by atoms with Gasteiger partial charge in [0.1, 0.15) is 21.7 Å². The van der Waals surface area contributed by atoms with Gasteiger partial charge in [0.25, 0.3) is 0 Å². The summed E-state index contributed by atoms with van der Waals surface area (Å²) >= 11 is 5.07. The second-order valence-electron chi connectivity index (χ2n) is 4.58. The van der Waals surface area contributed by atoms with E-state index >= 15 is 0 Å². The number of nitrogens with zero attached hydrogens (tertiary/aromatic N) is 3. The lowest BCUT2D eigenvalue weighted by molar-refractivity contribution is 0.807. The molecule has 0 radical (unpaired) electrons. The van der Waals surface area contributed by atoms with Gasteiger partial charge in [0, 0.05) is 25.2 Å². The Morgan fingerprint density at radius 2 is 2.10 bits per heavy atom. The molecule has 0 amide bonds. The maximum Gasteiger partial charge on any atom is 0.132 e. The fourth-order valence-electron chi connectivity index (χ4n) is 1.75. The molecule has 0 aliphatic carbocycles. The van der Waals surface area contributed by atoms with Crippen molar-refractivity contribution in [1.29, 1.82) is 0 Å². The summed E-state index contributed by atoms with van der Waals surface area (Å²) in [5, 5.41) is 5.18. The number of halogens is 1. The Balaban J connectivity index is 2.24. The van der Waals surface area contributed by atoms with E-state index in [1.165, 1.54) is 0 Å². The molecule has 0 aromatic carbocycles. The first kappa shape index (κ1) is 16.2. The highest BCUT2D eigenvalue weighted by Crippen LogP contribution is 2.31. The molecule has 0 fully saturated rings. The van der Waals surface area contributed by atoms with Gasteiger partial charge in [0.2, 0.25) is 0 Å². The summed E-state index contributed by atoms with van der Waals surface area (Å²) in [7, 11) is 0. The van der Waals surface area contributed by atoms with Crippen LogP contribution >= 0.6 is 27.7 Å². The third-order valence-corrected chi connectivity index (χ3v) is 4.54. The molecule has 0 saturated heterocycles. The largest absolute Gasteiger partial charge is 0.370 e. The number of aryl methyl sites for hydroxylation is 1. The van der Waals surface area contributed by atoms with E-state index in [9.17, 15) is 0 Å². The maximum atomic E-state index is 4.62. The normalized spacial score (nSPS) is 10.6. The zero-order valence-corrected chi connectivity index (χ0v) is 14.7. The first-order valence-corrected chi connectivity index (χ1v) is 8.74. The molecule has 2 heterocycles. The highest BCUT2D eigenvalue weighted by atomic mass is 79.9. The first-order chi connectivity index (χ1) is 10.2. The van der Waals surface area contributed by atoms with Crippen LogP contribution in [0.3, 0.4) is 0 Å². The number of aromatic nitrogens is 3. The van der Waals surface area contributed by atoms with E-state index in [0.717, 1.165) is 52.0 Å². The summed E-state index contributed by atoms with van der Waals surface area (Å²) in [6.07, 6.45) is 4.78. The van der Waals surface area contributed by atoms with E-state index in [1.54, 1.807) is 18.0 Å². The first-order valence-electron chi connectivity index (χ1n) is 7.13. The molecule has 0 aliphatic rings. The van der Waals surface area contributed by atoms with Gasteiger partial charge in [0.05, 0.1) is 4.47 Å². The van der Waals surface area contributed by atoms with Crippen molar-refractivity contribution in [1.82, 2.24) is 15.0 Å². The maximum absolute atomic E-state index is 4.62. The van der Waals surface area contributed by atoms with Gasteiger partial charge >= 0.3 is 0 Å². The monoisotopic (exact) mass is 366 g/mol. The van der Waals surface area contributed by atoms with E-state index < -0.39 is 0 Å². The van der Waals surface area contributed by atoms with Crippen LogP contribution in [0, 0.1) is 0 Å². The van der Waals surface area contributed by atoms with Crippen LogP contribution in [0.2, 0.25) is 0 Å². The van der Waals surface area contributed by atoms with Crippen molar-refractivity contribution < 1.29 is 0 Å². The molecule has 6 heteroatoms. The molecular weight excluding hydrogens is 348 g/mol. The van der Waals surface area contributed by atoms with Crippen molar-refractivity contribution in [2.45, 2.75) is 43.2 Å². The van der Waals surface area contributed by atoms with Crippen LogP contribution in [0.15, 0.2) is 38.9 Å². The van der Waals surface area contributed by atoms with E-state index in [0.29, 0.717) is 0 Å². The lowest BCUT2D eigenvalue weighted by atomic mass is 10.3. The lowest BCUT2D eigenvalue weighted by Crippen LogP contribution is -2.05. The van der Waals surface area contributed by atoms with Gasteiger partial charge in [-0.1, -0.05) is 13.8 Å². The fraction of sp³-hybridized carbons (Fsp3) is 0.400. The topological polar surface area (TPSA) is 50.7 Å². The molecule has 21 heavy (non-hydrogen) atoms. The summed E-state index contributed by atoms with van der Waals surface area (Å²) in [6, 6.07) is 5.88. The SMILES string of the molecule is CCCNc1cc(Sc2ncccc2Br)nc(CCC)n1. The molecule has 2 aromatic heterocycles. The van der Waals surface area contributed by atoms with Crippen molar-refractivity contribution in [3.8, 4) is 0 Å². The highest BCUT2D eigenvalue weighted by Gasteiger charge is 2.08. The zero-order chi connectivity index (χ0) is 15.1. The molecule has 0 aliphatic heterocycles. The smallest absolute Gasteiger partial charge is 0.132 e. The second-order valence-corrected chi connectivity index (χ2v) is 6.44. The van der Waals surface area contributed by atoms with E-state index in [4.69, 9.17) is 0 Å². The number of nitrogens with one attached hydrogen (secondary N) is 1. The Morgan fingerprint density at radius 1 is 1.24 bits per heavy atom. The van der Waals surface area contributed by atoms with E-state index in [2.05, 4.69) is 50.0 Å². The van der Waals surface area contributed by atoms with Crippen LogP contribution < -0.4 is 5.32 Å². The van der Waals surface area contributed by atoms with Gasteiger partial charge in [-0.25, -0.2) is 15.0 Å². The summed E-state index contributed by atoms with van der Waals surface area (Å²) < 4.78 is 0.980. The van der Waals surface area contributed by atoms with Crippen LogP contribution in [0.5, 0.6) is 0 Å². The molecule has 2 aromatic rings. The highest BCUT2D eigenvalue weighted by molar-refractivity contribution is 9.10. The van der Waals surface area contributed by atoms with Crippen molar-refractivity contribution in [2.24, 2.45) is 0 Å². The van der Waals surface area contributed by atoms with Gasteiger partial charge in [-0.05, 0) is 52.7 Å². The van der Waals surface area contributed by atoms with E-state index in [-0.39, 0.29) is 0 Å². The molecule has 0 spiro atoms. The molecular formula is C15H19BrN4S. The third kappa shape index (κ3) is 4.97. The predicted molar refractivity (Wildman–Crippen MR) is 90.9 cm³/mol. The average Bonchev–Trinajstić information content (AvgIpc) is 2.48. The minimum Gasteiger partial charge on any atom is -0.370 e. The van der Waals surface area contributed by atoms with Gasteiger partial charge in [-0.15, -0.1) is 0 Å². The van der Waals surface area contributed by atoms with Crippen molar-refractivity contribution in [2.75, 3.05) is 11.9 Å². The summed E-state index contributed by atoms with van der Waals surface area (Å²) in [6.45, 7) is 5.19. The second kappa shape index (κ2) is 8.34. The number of pyridine rings is 1. The number of anilines is 1. The Bertz CT molecular complexity index is 592. The zero-order valence-electron chi connectivity index (χ0n) is 12.3.